The maximum absolute atomic E-state index is 14.1. The molecule has 2 aliphatic heterocycles. The summed E-state index contributed by atoms with van der Waals surface area (Å²) in [5, 5.41) is 27.7. The second-order valence-electron chi connectivity index (χ2n) is 14.2. The Morgan fingerprint density at radius 3 is 1.67 bits per heavy atom. The predicted molar refractivity (Wildman–Crippen MR) is 201 cm³/mol. The SMILES string of the molecule is NCCCC[C@H](NC(=O)[C@@H]1CCCN1C(=O)[C@@H](N)CCCCN)C(=O)N[C@@H](CCCCN)C(=O)N1CCC[C@H]1C(=O)N[C@@H](Cc1ccc(O)cc1)C(=O)O. The number of phenols is 1. The number of carboxylic acids is 1. The zero-order valence-electron chi connectivity index (χ0n) is 31.3. The van der Waals surface area contributed by atoms with E-state index in [1.54, 1.807) is 12.1 Å². The Balaban J connectivity index is 1.74. The number of carbonyl (C=O) groups excluding carboxylic acids is 5. The molecule has 2 saturated heterocycles. The standard InChI is InChI=1S/C37H61N9O8/c38-18-4-1-9-26(41)35(51)45-21-7-12-30(45)33(49)42-27(10-2-5-19-39)32(48)43-28(11-3-6-20-40)36(52)46-22-8-13-31(46)34(50)44-29(37(53)54)23-24-14-16-25(47)17-15-24/h14-17,26-31,47H,1-13,18-23,38-41H2,(H,42,49)(H,43,48)(H,44,50)(H,53,54)/t26-,27-,28-,29-,30-,31-/m0/s1. The Labute approximate surface area is 317 Å². The maximum atomic E-state index is 14.1. The molecule has 0 radical (unpaired) electrons. The number of benzene rings is 1. The first kappa shape index (κ1) is 44.1. The molecule has 2 fully saturated rings. The van der Waals surface area contributed by atoms with E-state index in [2.05, 4.69) is 16.0 Å². The van der Waals surface area contributed by atoms with Crippen molar-refractivity contribution >= 4 is 35.5 Å². The van der Waals surface area contributed by atoms with E-state index in [4.69, 9.17) is 22.9 Å². The number of hydrogen-bond donors (Lipinski definition) is 9. The number of aromatic hydroxyl groups is 1. The van der Waals surface area contributed by atoms with E-state index >= 15 is 0 Å². The smallest absolute Gasteiger partial charge is 0.326 e. The fourth-order valence-corrected chi connectivity index (χ4v) is 7.04. The van der Waals surface area contributed by atoms with E-state index in [1.165, 1.54) is 21.9 Å². The first-order valence-corrected chi connectivity index (χ1v) is 19.3. The Morgan fingerprint density at radius 2 is 1.15 bits per heavy atom. The van der Waals surface area contributed by atoms with Crippen LogP contribution in [0, 0.1) is 0 Å². The first-order chi connectivity index (χ1) is 25.9. The first-order valence-electron chi connectivity index (χ1n) is 19.3. The number of phenolic OH excluding ortho intramolecular Hbond substituents is 1. The molecule has 3 rings (SSSR count). The van der Waals surface area contributed by atoms with Gasteiger partial charge in [-0.3, -0.25) is 24.0 Å². The van der Waals surface area contributed by atoms with E-state index in [0.717, 1.165) is 6.42 Å². The fourth-order valence-electron chi connectivity index (χ4n) is 7.04. The molecule has 0 spiro atoms. The number of nitrogens with two attached hydrogens (primary N) is 4. The molecule has 302 valence electrons. The summed E-state index contributed by atoms with van der Waals surface area (Å²) in [5.41, 5.74) is 23.8. The van der Waals surface area contributed by atoms with E-state index in [1.807, 2.05) is 0 Å². The number of unbranched alkanes of at least 4 members (excludes halogenated alkanes) is 3. The Kier molecular flexibility index (Phi) is 18.6. The van der Waals surface area contributed by atoms with Crippen LogP contribution in [0.15, 0.2) is 24.3 Å². The van der Waals surface area contributed by atoms with Crippen molar-refractivity contribution in [3.63, 3.8) is 0 Å². The molecule has 13 N–H and O–H groups in total. The zero-order valence-corrected chi connectivity index (χ0v) is 31.3. The van der Waals surface area contributed by atoms with Crippen molar-refractivity contribution in [2.75, 3.05) is 32.7 Å². The largest absolute Gasteiger partial charge is 0.508 e. The van der Waals surface area contributed by atoms with E-state index in [-0.39, 0.29) is 37.5 Å². The number of carboxylic acid groups (broad SMARTS) is 1. The van der Waals surface area contributed by atoms with Crippen LogP contribution in [0.5, 0.6) is 5.75 Å². The van der Waals surface area contributed by atoms with Gasteiger partial charge in [-0.2, -0.15) is 0 Å². The monoisotopic (exact) mass is 759 g/mol. The number of aliphatic carboxylic acids is 1. The number of nitrogens with zero attached hydrogens (tertiary/aromatic N) is 2. The van der Waals surface area contributed by atoms with E-state index < -0.39 is 65.8 Å². The molecule has 0 unspecified atom stereocenters. The molecular formula is C37H61N9O8. The lowest BCUT2D eigenvalue weighted by molar-refractivity contribution is -0.145. The van der Waals surface area contributed by atoms with Crippen molar-refractivity contribution < 1.29 is 39.0 Å². The van der Waals surface area contributed by atoms with Gasteiger partial charge in [0.2, 0.25) is 29.5 Å². The van der Waals surface area contributed by atoms with Gasteiger partial charge in [0.25, 0.3) is 0 Å². The Bertz CT molecular complexity index is 1400. The van der Waals surface area contributed by atoms with Gasteiger partial charge >= 0.3 is 5.97 Å². The normalized spacial score (nSPS) is 19.1. The molecular weight excluding hydrogens is 698 g/mol. The van der Waals surface area contributed by atoms with Crippen molar-refractivity contribution in [2.45, 2.75) is 126 Å². The van der Waals surface area contributed by atoms with Crippen LogP contribution in [0.1, 0.15) is 89.0 Å². The minimum absolute atomic E-state index is 0.0228. The lowest BCUT2D eigenvalue weighted by Gasteiger charge is -2.31. The predicted octanol–water partition coefficient (Wildman–Crippen LogP) is -0.830. The van der Waals surface area contributed by atoms with E-state index in [9.17, 15) is 39.0 Å². The van der Waals surface area contributed by atoms with Crippen molar-refractivity contribution in [3.8, 4) is 5.75 Å². The van der Waals surface area contributed by atoms with Gasteiger partial charge in [-0.15, -0.1) is 0 Å². The van der Waals surface area contributed by atoms with Crippen LogP contribution in [-0.2, 0) is 35.2 Å². The third kappa shape index (κ3) is 13.2. The number of rotatable bonds is 23. The minimum atomic E-state index is -1.28. The summed E-state index contributed by atoms with van der Waals surface area (Å²) >= 11 is 0. The minimum Gasteiger partial charge on any atom is -0.508 e. The molecule has 1 aromatic carbocycles. The van der Waals surface area contributed by atoms with E-state index in [0.29, 0.717) is 96.0 Å². The Hall–Kier alpha value is -4.32. The fraction of sp³-hybridized carbons (Fsp3) is 0.676. The van der Waals surface area contributed by atoms with Crippen LogP contribution in [0.3, 0.4) is 0 Å². The van der Waals surface area contributed by atoms with Crippen molar-refractivity contribution in [1.82, 2.24) is 25.8 Å². The summed E-state index contributed by atoms with van der Waals surface area (Å²) < 4.78 is 0. The summed E-state index contributed by atoms with van der Waals surface area (Å²) in [5.74, 6) is -3.73. The Morgan fingerprint density at radius 1 is 0.667 bits per heavy atom. The second kappa shape index (κ2) is 22.8. The number of likely N-dealkylation sites (tertiary alicyclic amines) is 2. The molecule has 0 bridgehead atoms. The molecule has 0 aliphatic carbocycles. The van der Waals surface area contributed by atoms with Gasteiger partial charge < -0.3 is 58.9 Å². The highest BCUT2D eigenvalue weighted by molar-refractivity contribution is 5.96. The van der Waals surface area contributed by atoms with Gasteiger partial charge in [-0.25, -0.2) is 4.79 Å². The van der Waals surface area contributed by atoms with Gasteiger partial charge in [-0.05, 0) is 114 Å². The molecule has 54 heavy (non-hydrogen) atoms. The highest BCUT2D eigenvalue weighted by Gasteiger charge is 2.41. The summed E-state index contributed by atoms with van der Waals surface area (Å²) in [7, 11) is 0. The van der Waals surface area contributed by atoms with Crippen LogP contribution in [0.25, 0.3) is 0 Å². The van der Waals surface area contributed by atoms with Gasteiger partial charge in [0, 0.05) is 19.5 Å². The number of nitrogens with one attached hydrogen (secondary N) is 3. The number of hydrogen-bond acceptors (Lipinski definition) is 11. The van der Waals surface area contributed by atoms with Crippen molar-refractivity contribution in [2.24, 2.45) is 22.9 Å². The maximum Gasteiger partial charge on any atom is 0.326 e. The molecule has 17 nitrogen and oxygen atoms in total. The second-order valence-corrected chi connectivity index (χ2v) is 14.2. The lowest BCUT2D eigenvalue weighted by atomic mass is 10.0. The van der Waals surface area contributed by atoms with Gasteiger partial charge in [0.05, 0.1) is 6.04 Å². The van der Waals surface area contributed by atoms with Gasteiger partial charge in [0.15, 0.2) is 0 Å². The highest BCUT2D eigenvalue weighted by atomic mass is 16.4. The molecule has 2 heterocycles. The van der Waals surface area contributed by atoms with Crippen LogP contribution in [0.2, 0.25) is 0 Å². The van der Waals surface area contributed by atoms with Crippen molar-refractivity contribution in [1.29, 1.82) is 0 Å². The molecule has 1 aromatic rings. The van der Waals surface area contributed by atoms with Crippen LogP contribution in [0.4, 0.5) is 0 Å². The molecule has 0 aromatic heterocycles. The average molecular weight is 760 g/mol. The number of carbonyl (C=O) groups is 6. The van der Waals surface area contributed by atoms with Crippen molar-refractivity contribution in [3.05, 3.63) is 29.8 Å². The summed E-state index contributed by atoms with van der Waals surface area (Å²) in [6.45, 7) is 1.84. The quantitative estimate of drug-likeness (QED) is 0.0618. The molecule has 0 saturated carbocycles. The molecule has 5 amide bonds. The van der Waals surface area contributed by atoms with Gasteiger partial charge in [0.1, 0.15) is 36.0 Å². The molecule has 17 heteroatoms. The topological polar surface area (TPSA) is 290 Å². The highest BCUT2D eigenvalue weighted by Crippen LogP contribution is 2.22. The average Bonchev–Trinajstić information content (AvgIpc) is 3.85. The molecule has 6 atom stereocenters. The zero-order chi connectivity index (χ0) is 39.6. The van der Waals surface area contributed by atoms with Crippen LogP contribution < -0.4 is 38.9 Å². The summed E-state index contributed by atoms with van der Waals surface area (Å²) in [4.78, 5) is 83.4. The van der Waals surface area contributed by atoms with Crippen LogP contribution in [-0.4, -0.2) is 124 Å². The summed E-state index contributed by atoms with van der Waals surface area (Å²) in [6, 6.07) is 0.103. The summed E-state index contributed by atoms with van der Waals surface area (Å²) in [6.07, 6.45) is 6.32. The lowest BCUT2D eigenvalue weighted by Crippen LogP contribution is -2.59. The third-order valence-corrected chi connectivity index (χ3v) is 10.1. The van der Waals surface area contributed by atoms with Crippen LogP contribution >= 0.6 is 0 Å². The molecule has 2 aliphatic rings. The number of amides is 5. The van der Waals surface area contributed by atoms with Gasteiger partial charge in [-0.1, -0.05) is 18.6 Å². The third-order valence-electron chi connectivity index (χ3n) is 10.1.